The van der Waals surface area contributed by atoms with Crippen molar-refractivity contribution in [3.63, 3.8) is 0 Å². The van der Waals surface area contributed by atoms with Gasteiger partial charge in [-0.05, 0) is 48.4 Å². The highest BCUT2D eigenvalue weighted by Crippen LogP contribution is 2.26. The van der Waals surface area contributed by atoms with Crippen LogP contribution in [0.5, 0.6) is 0 Å². The van der Waals surface area contributed by atoms with Crippen molar-refractivity contribution in [2.24, 2.45) is 5.92 Å². The SMILES string of the molecule is CC(C)CN(CC(=O)O)S(=O)(=O)c1ccc2c(c1)CCC2. The molecule has 1 aliphatic carbocycles. The van der Waals surface area contributed by atoms with Crippen LogP contribution in [-0.2, 0) is 27.7 Å². The summed E-state index contributed by atoms with van der Waals surface area (Å²) in [5, 5.41) is 8.96. The number of aryl methyl sites for hydroxylation is 2. The number of carboxylic acid groups (broad SMARTS) is 1. The maximum atomic E-state index is 12.7. The third-order valence-electron chi connectivity index (χ3n) is 3.59. The zero-order valence-corrected chi connectivity index (χ0v) is 13.2. The van der Waals surface area contributed by atoms with E-state index < -0.39 is 22.5 Å². The molecule has 0 aliphatic heterocycles. The molecule has 1 aromatic carbocycles. The molecule has 0 radical (unpaired) electrons. The van der Waals surface area contributed by atoms with Gasteiger partial charge in [0.15, 0.2) is 0 Å². The Kier molecular flexibility index (Phi) is 4.68. The van der Waals surface area contributed by atoms with Crippen molar-refractivity contribution in [3.05, 3.63) is 29.3 Å². The van der Waals surface area contributed by atoms with E-state index in [1.54, 1.807) is 12.1 Å². The fourth-order valence-electron chi connectivity index (χ4n) is 2.66. The fourth-order valence-corrected chi connectivity index (χ4v) is 4.27. The lowest BCUT2D eigenvalue weighted by Gasteiger charge is -2.22. The van der Waals surface area contributed by atoms with Crippen molar-refractivity contribution in [2.75, 3.05) is 13.1 Å². The highest BCUT2D eigenvalue weighted by Gasteiger charge is 2.28. The van der Waals surface area contributed by atoms with Gasteiger partial charge in [0.1, 0.15) is 6.54 Å². The second-order valence-corrected chi connectivity index (χ2v) is 7.81. The van der Waals surface area contributed by atoms with E-state index in [-0.39, 0.29) is 17.4 Å². The number of sulfonamides is 1. The van der Waals surface area contributed by atoms with E-state index in [4.69, 9.17) is 5.11 Å². The number of carbonyl (C=O) groups is 1. The minimum Gasteiger partial charge on any atom is -0.480 e. The monoisotopic (exact) mass is 311 g/mol. The number of hydrogen-bond donors (Lipinski definition) is 1. The number of nitrogens with zero attached hydrogens (tertiary/aromatic N) is 1. The molecule has 0 spiro atoms. The van der Waals surface area contributed by atoms with E-state index in [2.05, 4.69) is 0 Å². The van der Waals surface area contributed by atoms with Crippen LogP contribution in [0.4, 0.5) is 0 Å². The number of benzene rings is 1. The largest absolute Gasteiger partial charge is 0.480 e. The summed E-state index contributed by atoms with van der Waals surface area (Å²) in [6.45, 7) is 3.43. The summed E-state index contributed by atoms with van der Waals surface area (Å²) in [4.78, 5) is 11.1. The van der Waals surface area contributed by atoms with Crippen LogP contribution in [-0.4, -0.2) is 36.9 Å². The highest BCUT2D eigenvalue weighted by molar-refractivity contribution is 7.89. The molecular formula is C15H21NO4S. The Bertz CT molecular complexity index is 637. The minimum absolute atomic E-state index is 0.0635. The lowest BCUT2D eigenvalue weighted by molar-refractivity contribution is -0.137. The Morgan fingerprint density at radius 1 is 1.29 bits per heavy atom. The average Bonchev–Trinajstić information content (AvgIpc) is 2.83. The molecule has 0 atom stereocenters. The maximum absolute atomic E-state index is 12.7. The summed E-state index contributed by atoms with van der Waals surface area (Å²) in [5.74, 6) is -1.08. The molecule has 5 nitrogen and oxygen atoms in total. The van der Waals surface area contributed by atoms with Gasteiger partial charge in [-0.3, -0.25) is 4.79 Å². The summed E-state index contributed by atoms with van der Waals surface area (Å²) < 4.78 is 26.4. The first-order chi connectivity index (χ1) is 9.80. The number of rotatable bonds is 6. The Hall–Kier alpha value is -1.40. The number of hydrogen-bond acceptors (Lipinski definition) is 3. The van der Waals surface area contributed by atoms with E-state index >= 15 is 0 Å². The predicted molar refractivity (Wildman–Crippen MR) is 79.7 cm³/mol. The van der Waals surface area contributed by atoms with Crippen LogP contribution in [0.1, 0.15) is 31.4 Å². The first-order valence-electron chi connectivity index (χ1n) is 7.14. The van der Waals surface area contributed by atoms with E-state index in [0.29, 0.717) is 0 Å². The van der Waals surface area contributed by atoms with Gasteiger partial charge in [0.2, 0.25) is 10.0 Å². The maximum Gasteiger partial charge on any atom is 0.318 e. The molecule has 1 aromatic rings. The van der Waals surface area contributed by atoms with Gasteiger partial charge in [0.05, 0.1) is 4.90 Å². The van der Waals surface area contributed by atoms with Gasteiger partial charge in [-0.15, -0.1) is 0 Å². The number of carboxylic acids is 1. The van der Waals surface area contributed by atoms with Gasteiger partial charge < -0.3 is 5.11 Å². The standard InChI is InChI=1S/C15H21NO4S/c1-11(2)9-16(10-15(17)18)21(19,20)14-7-6-12-4-3-5-13(12)8-14/h6-8,11H,3-5,9-10H2,1-2H3,(H,17,18). The van der Waals surface area contributed by atoms with Crippen molar-refractivity contribution in [2.45, 2.75) is 38.0 Å². The lowest BCUT2D eigenvalue weighted by atomic mass is 10.1. The average molecular weight is 311 g/mol. The first-order valence-corrected chi connectivity index (χ1v) is 8.58. The summed E-state index contributed by atoms with van der Waals surface area (Å²) >= 11 is 0. The smallest absolute Gasteiger partial charge is 0.318 e. The quantitative estimate of drug-likeness (QED) is 0.871. The van der Waals surface area contributed by atoms with Gasteiger partial charge in [0, 0.05) is 6.54 Å². The zero-order chi connectivity index (χ0) is 15.6. The Morgan fingerprint density at radius 2 is 1.95 bits per heavy atom. The molecule has 0 amide bonds. The van der Waals surface area contributed by atoms with Gasteiger partial charge in [-0.1, -0.05) is 19.9 Å². The topological polar surface area (TPSA) is 74.7 Å². The molecule has 6 heteroatoms. The lowest BCUT2D eigenvalue weighted by Crippen LogP contribution is -2.38. The molecule has 1 aliphatic rings. The molecule has 0 fully saturated rings. The van der Waals surface area contributed by atoms with Crippen molar-refractivity contribution in [1.82, 2.24) is 4.31 Å². The minimum atomic E-state index is -3.76. The number of aliphatic carboxylic acids is 1. The van der Waals surface area contributed by atoms with Crippen molar-refractivity contribution in [3.8, 4) is 0 Å². The molecule has 1 N–H and O–H groups in total. The van der Waals surface area contributed by atoms with Crippen LogP contribution in [0.3, 0.4) is 0 Å². The summed E-state index contributed by atoms with van der Waals surface area (Å²) in [6.07, 6.45) is 2.92. The molecule has 0 bridgehead atoms. The molecule has 0 heterocycles. The van der Waals surface area contributed by atoms with Crippen molar-refractivity contribution < 1.29 is 18.3 Å². The predicted octanol–water partition coefficient (Wildman–Crippen LogP) is 1.91. The van der Waals surface area contributed by atoms with Gasteiger partial charge in [0.25, 0.3) is 0 Å². The van der Waals surface area contributed by atoms with E-state index in [1.165, 1.54) is 5.56 Å². The summed E-state index contributed by atoms with van der Waals surface area (Å²) in [6, 6.07) is 5.14. The van der Waals surface area contributed by atoms with Crippen LogP contribution in [0.25, 0.3) is 0 Å². The third kappa shape index (κ3) is 3.63. The summed E-state index contributed by atoms with van der Waals surface area (Å²) in [7, 11) is -3.76. The fraction of sp³-hybridized carbons (Fsp3) is 0.533. The van der Waals surface area contributed by atoms with Crippen LogP contribution < -0.4 is 0 Å². The molecular weight excluding hydrogens is 290 g/mol. The highest BCUT2D eigenvalue weighted by atomic mass is 32.2. The summed E-state index contributed by atoms with van der Waals surface area (Å²) in [5.41, 5.74) is 2.26. The molecule has 21 heavy (non-hydrogen) atoms. The molecule has 0 saturated carbocycles. The zero-order valence-electron chi connectivity index (χ0n) is 12.4. The van der Waals surface area contributed by atoms with Crippen molar-refractivity contribution >= 4 is 16.0 Å². The van der Waals surface area contributed by atoms with E-state index in [0.717, 1.165) is 29.1 Å². The third-order valence-corrected chi connectivity index (χ3v) is 5.40. The molecule has 2 rings (SSSR count). The van der Waals surface area contributed by atoms with Gasteiger partial charge in [-0.25, -0.2) is 8.42 Å². The first kappa shape index (κ1) is 16.0. The second kappa shape index (κ2) is 6.15. The normalized spacial score (nSPS) is 14.7. The van der Waals surface area contributed by atoms with Crippen LogP contribution in [0.15, 0.2) is 23.1 Å². The van der Waals surface area contributed by atoms with E-state index in [1.807, 2.05) is 19.9 Å². The van der Waals surface area contributed by atoms with E-state index in [9.17, 15) is 13.2 Å². The van der Waals surface area contributed by atoms with Gasteiger partial charge >= 0.3 is 5.97 Å². The Labute approximate surface area is 125 Å². The van der Waals surface area contributed by atoms with Crippen molar-refractivity contribution in [1.29, 1.82) is 0 Å². The molecule has 0 aromatic heterocycles. The van der Waals surface area contributed by atoms with Crippen LogP contribution in [0.2, 0.25) is 0 Å². The number of fused-ring (bicyclic) bond motifs is 1. The Morgan fingerprint density at radius 3 is 2.57 bits per heavy atom. The molecule has 0 unspecified atom stereocenters. The van der Waals surface area contributed by atoms with Crippen LogP contribution in [0, 0.1) is 5.92 Å². The van der Waals surface area contributed by atoms with Crippen LogP contribution >= 0.6 is 0 Å². The van der Waals surface area contributed by atoms with Gasteiger partial charge in [-0.2, -0.15) is 4.31 Å². The molecule has 116 valence electrons. The Balaban J connectivity index is 2.35. The molecule has 0 saturated heterocycles. The second-order valence-electron chi connectivity index (χ2n) is 5.87.